The van der Waals surface area contributed by atoms with E-state index >= 15 is 0 Å². The van der Waals surface area contributed by atoms with Crippen LogP contribution in [0, 0.1) is 0 Å². The fraction of sp³-hybridized carbons (Fsp3) is 0.182. The maximum atomic E-state index is 11.8. The minimum atomic E-state index is -0.431. The molecule has 0 bridgehead atoms. The lowest BCUT2D eigenvalue weighted by atomic mass is 10.2. The van der Waals surface area contributed by atoms with Gasteiger partial charge in [-0.15, -0.1) is 0 Å². The van der Waals surface area contributed by atoms with Gasteiger partial charge in [0.2, 0.25) is 5.91 Å². The first-order valence-electron chi connectivity index (χ1n) is 5.41. The molecule has 1 aromatic heterocycles. The number of anilines is 1. The van der Waals surface area contributed by atoms with Crippen molar-refractivity contribution in [3.05, 3.63) is 22.7 Å². The van der Waals surface area contributed by atoms with Crippen LogP contribution in [-0.2, 0) is 4.79 Å². The lowest BCUT2D eigenvalue weighted by molar-refractivity contribution is -0.120. The largest absolute Gasteiger partial charge is 0.329 e. The van der Waals surface area contributed by atoms with Crippen molar-refractivity contribution in [2.75, 3.05) is 11.4 Å². The fourth-order valence-corrected chi connectivity index (χ4v) is 2.42. The van der Waals surface area contributed by atoms with Gasteiger partial charge >= 0.3 is 6.03 Å². The Balaban J connectivity index is 2.07. The van der Waals surface area contributed by atoms with Gasteiger partial charge in [-0.25, -0.2) is 4.79 Å². The number of rotatable bonds is 1. The molecule has 0 atom stereocenters. The van der Waals surface area contributed by atoms with E-state index in [1.165, 1.54) is 4.90 Å². The molecule has 6 nitrogen and oxygen atoms in total. The lowest BCUT2D eigenvalue weighted by Crippen LogP contribution is -2.49. The number of benzene rings is 1. The van der Waals surface area contributed by atoms with Gasteiger partial charge in [-0.1, -0.05) is 6.07 Å². The van der Waals surface area contributed by atoms with Gasteiger partial charge in [0.05, 0.1) is 5.52 Å². The SMILES string of the molecule is O=C1CCN(c2n[nH]c3c(Br)cccc23)C(=O)N1. The van der Waals surface area contributed by atoms with Crippen LogP contribution >= 0.6 is 15.9 Å². The summed E-state index contributed by atoms with van der Waals surface area (Å²) in [5, 5.41) is 10.2. The fourth-order valence-electron chi connectivity index (χ4n) is 1.97. The Morgan fingerprint density at radius 2 is 2.17 bits per heavy atom. The number of aromatic nitrogens is 2. The Morgan fingerprint density at radius 1 is 1.33 bits per heavy atom. The molecule has 1 aromatic carbocycles. The van der Waals surface area contributed by atoms with Crippen LogP contribution in [0.3, 0.4) is 0 Å². The monoisotopic (exact) mass is 308 g/mol. The van der Waals surface area contributed by atoms with E-state index in [4.69, 9.17) is 0 Å². The third-order valence-corrected chi connectivity index (χ3v) is 3.50. The van der Waals surface area contributed by atoms with Crippen LogP contribution in [0.25, 0.3) is 10.9 Å². The van der Waals surface area contributed by atoms with E-state index < -0.39 is 6.03 Å². The highest BCUT2D eigenvalue weighted by Gasteiger charge is 2.27. The van der Waals surface area contributed by atoms with E-state index in [-0.39, 0.29) is 12.3 Å². The van der Waals surface area contributed by atoms with E-state index in [1.54, 1.807) is 0 Å². The van der Waals surface area contributed by atoms with Crippen molar-refractivity contribution in [1.82, 2.24) is 15.5 Å². The summed E-state index contributed by atoms with van der Waals surface area (Å²) in [7, 11) is 0. The van der Waals surface area contributed by atoms with Crippen molar-refractivity contribution in [3.8, 4) is 0 Å². The number of hydrogen-bond acceptors (Lipinski definition) is 3. The van der Waals surface area contributed by atoms with E-state index in [1.807, 2.05) is 18.2 Å². The molecule has 2 heterocycles. The first kappa shape index (κ1) is 11.2. The zero-order valence-corrected chi connectivity index (χ0v) is 10.8. The van der Waals surface area contributed by atoms with Crippen molar-refractivity contribution in [3.63, 3.8) is 0 Å². The molecular weight excluding hydrogens is 300 g/mol. The molecule has 2 N–H and O–H groups in total. The molecule has 0 aliphatic carbocycles. The van der Waals surface area contributed by atoms with Gasteiger partial charge in [-0.2, -0.15) is 5.10 Å². The number of H-pyrrole nitrogens is 1. The molecule has 3 rings (SSSR count). The summed E-state index contributed by atoms with van der Waals surface area (Å²) in [4.78, 5) is 24.3. The normalized spacial score (nSPS) is 16.2. The first-order chi connectivity index (χ1) is 8.66. The van der Waals surface area contributed by atoms with E-state index in [0.29, 0.717) is 12.4 Å². The highest BCUT2D eigenvalue weighted by molar-refractivity contribution is 9.10. The number of nitrogens with one attached hydrogen (secondary N) is 2. The number of aromatic amines is 1. The number of halogens is 1. The zero-order chi connectivity index (χ0) is 12.7. The number of hydrogen-bond donors (Lipinski definition) is 2. The number of carbonyl (C=O) groups is 2. The average molecular weight is 309 g/mol. The quantitative estimate of drug-likeness (QED) is 0.843. The number of para-hydroxylation sites is 1. The number of nitrogens with zero attached hydrogens (tertiary/aromatic N) is 2. The highest BCUT2D eigenvalue weighted by atomic mass is 79.9. The van der Waals surface area contributed by atoms with Crippen molar-refractivity contribution < 1.29 is 9.59 Å². The zero-order valence-electron chi connectivity index (χ0n) is 9.24. The highest BCUT2D eigenvalue weighted by Crippen LogP contribution is 2.29. The molecule has 18 heavy (non-hydrogen) atoms. The summed E-state index contributed by atoms with van der Waals surface area (Å²) in [6, 6.07) is 5.21. The van der Waals surface area contributed by atoms with Crippen molar-refractivity contribution in [1.29, 1.82) is 0 Å². The molecule has 0 saturated carbocycles. The maximum Gasteiger partial charge on any atom is 0.329 e. The Hall–Kier alpha value is -1.89. The number of urea groups is 1. The summed E-state index contributed by atoms with van der Waals surface area (Å²) in [5.41, 5.74) is 0.831. The average Bonchev–Trinajstić information content (AvgIpc) is 2.74. The first-order valence-corrected chi connectivity index (χ1v) is 6.20. The minimum Gasteiger partial charge on any atom is -0.278 e. The van der Waals surface area contributed by atoms with Crippen LogP contribution in [0.4, 0.5) is 10.6 Å². The van der Waals surface area contributed by atoms with E-state index in [0.717, 1.165) is 15.4 Å². The third-order valence-electron chi connectivity index (χ3n) is 2.84. The number of fused-ring (bicyclic) bond motifs is 1. The molecule has 0 spiro atoms. The predicted molar refractivity (Wildman–Crippen MR) is 69.3 cm³/mol. The standard InChI is InChI=1S/C11H9BrN4O2/c12-7-3-1-2-6-9(7)14-15-10(6)16-5-4-8(17)13-11(16)18/h1-3H,4-5H2,(H,14,15)(H,13,17,18). The second kappa shape index (κ2) is 4.09. The van der Waals surface area contributed by atoms with Gasteiger partial charge in [-0.3, -0.25) is 20.1 Å². The van der Waals surface area contributed by atoms with Crippen LogP contribution in [0.15, 0.2) is 22.7 Å². The molecule has 0 unspecified atom stereocenters. The maximum absolute atomic E-state index is 11.8. The second-order valence-electron chi connectivity index (χ2n) is 3.96. The summed E-state index contributed by atoms with van der Waals surface area (Å²) < 4.78 is 0.882. The summed E-state index contributed by atoms with van der Waals surface area (Å²) >= 11 is 3.41. The number of imide groups is 1. The van der Waals surface area contributed by atoms with Crippen LogP contribution < -0.4 is 10.2 Å². The van der Waals surface area contributed by atoms with E-state index in [2.05, 4.69) is 31.4 Å². The molecule has 0 radical (unpaired) electrons. The number of carbonyl (C=O) groups excluding carboxylic acids is 2. The van der Waals surface area contributed by atoms with Crippen molar-refractivity contribution >= 4 is 44.6 Å². The molecule has 1 aliphatic heterocycles. The van der Waals surface area contributed by atoms with E-state index in [9.17, 15) is 9.59 Å². The predicted octanol–water partition coefficient (Wildman–Crippen LogP) is 1.77. The smallest absolute Gasteiger partial charge is 0.278 e. The number of amides is 3. The summed E-state index contributed by atoms with van der Waals surface area (Å²) in [6.45, 7) is 0.344. The Morgan fingerprint density at radius 3 is 2.94 bits per heavy atom. The van der Waals surface area contributed by atoms with Gasteiger partial charge in [0.15, 0.2) is 5.82 Å². The van der Waals surface area contributed by atoms with Gasteiger partial charge in [-0.05, 0) is 28.1 Å². The summed E-state index contributed by atoms with van der Waals surface area (Å²) in [5.74, 6) is 0.286. The van der Waals surface area contributed by atoms with Crippen LogP contribution in [0.1, 0.15) is 6.42 Å². The van der Waals surface area contributed by atoms with Crippen molar-refractivity contribution in [2.45, 2.75) is 6.42 Å². The van der Waals surface area contributed by atoms with Gasteiger partial charge in [0.1, 0.15) is 0 Å². The van der Waals surface area contributed by atoms with Crippen molar-refractivity contribution in [2.24, 2.45) is 0 Å². The molecule has 3 amide bonds. The van der Waals surface area contributed by atoms with Gasteiger partial charge in [0, 0.05) is 22.8 Å². The molecule has 92 valence electrons. The van der Waals surface area contributed by atoms with Crippen LogP contribution in [-0.4, -0.2) is 28.7 Å². The molecule has 2 aromatic rings. The molecule has 1 aliphatic rings. The third kappa shape index (κ3) is 1.67. The molecule has 1 saturated heterocycles. The van der Waals surface area contributed by atoms with Crippen LogP contribution in [0.5, 0.6) is 0 Å². The Bertz CT molecular complexity index is 652. The van der Waals surface area contributed by atoms with Crippen LogP contribution in [0.2, 0.25) is 0 Å². The van der Waals surface area contributed by atoms with Gasteiger partial charge in [0.25, 0.3) is 0 Å². The topological polar surface area (TPSA) is 78.1 Å². The summed E-state index contributed by atoms with van der Waals surface area (Å²) in [6.07, 6.45) is 0.286. The van der Waals surface area contributed by atoms with Gasteiger partial charge < -0.3 is 0 Å². The second-order valence-corrected chi connectivity index (χ2v) is 4.82. The lowest BCUT2D eigenvalue weighted by Gasteiger charge is -2.24. The Labute approximate surface area is 110 Å². The molecular formula is C11H9BrN4O2. The molecule has 7 heteroatoms. The minimum absolute atomic E-state index is 0.253. The molecule has 1 fully saturated rings. The Kier molecular flexibility index (Phi) is 2.55.